The Bertz CT molecular complexity index is 551. The van der Waals surface area contributed by atoms with E-state index in [9.17, 15) is 4.79 Å². The Morgan fingerprint density at radius 3 is 2.83 bits per heavy atom. The molecule has 0 radical (unpaired) electrons. The SMILES string of the molecule is O=C1CCCN1CCN1CCCC(c2nccn2CC2CC2)C1. The van der Waals surface area contributed by atoms with E-state index < -0.39 is 0 Å². The maximum Gasteiger partial charge on any atom is 0.222 e. The second kappa shape index (κ2) is 6.63. The molecule has 5 heteroatoms. The Hall–Kier alpha value is -1.36. The van der Waals surface area contributed by atoms with E-state index in [1.165, 1.54) is 38.1 Å². The van der Waals surface area contributed by atoms with Crippen LogP contribution >= 0.6 is 0 Å². The zero-order valence-corrected chi connectivity index (χ0v) is 14.0. The molecule has 1 aromatic heterocycles. The van der Waals surface area contributed by atoms with E-state index in [1.54, 1.807) is 0 Å². The van der Waals surface area contributed by atoms with Gasteiger partial charge in [-0.3, -0.25) is 4.79 Å². The van der Waals surface area contributed by atoms with Crippen LogP contribution in [0.5, 0.6) is 0 Å². The fourth-order valence-electron chi connectivity index (χ4n) is 4.09. The lowest BCUT2D eigenvalue weighted by Crippen LogP contribution is -2.41. The minimum absolute atomic E-state index is 0.346. The van der Waals surface area contributed by atoms with Crippen molar-refractivity contribution in [2.24, 2.45) is 5.92 Å². The van der Waals surface area contributed by atoms with E-state index in [0.717, 1.165) is 51.5 Å². The van der Waals surface area contributed by atoms with Crippen LogP contribution in [-0.2, 0) is 11.3 Å². The third-order valence-electron chi connectivity index (χ3n) is 5.63. The molecule has 1 saturated carbocycles. The summed E-state index contributed by atoms with van der Waals surface area (Å²) in [5.41, 5.74) is 0. The molecular formula is C18H28N4O. The van der Waals surface area contributed by atoms with E-state index in [2.05, 4.69) is 20.6 Å². The predicted molar refractivity (Wildman–Crippen MR) is 89.2 cm³/mol. The summed E-state index contributed by atoms with van der Waals surface area (Å²) in [5.74, 6) is 3.09. The van der Waals surface area contributed by atoms with Crippen molar-refractivity contribution in [2.45, 2.75) is 51.0 Å². The van der Waals surface area contributed by atoms with Crippen LogP contribution < -0.4 is 0 Å². The summed E-state index contributed by atoms with van der Waals surface area (Å²) in [5, 5.41) is 0. The van der Waals surface area contributed by atoms with Crippen LogP contribution in [0, 0.1) is 5.92 Å². The highest BCUT2D eigenvalue weighted by atomic mass is 16.2. The number of hydrogen-bond donors (Lipinski definition) is 0. The number of carbonyl (C=O) groups excluding carboxylic acids is 1. The molecule has 0 spiro atoms. The van der Waals surface area contributed by atoms with E-state index in [1.807, 2.05) is 11.1 Å². The van der Waals surface area contributed by atoms with Crippen LogP contribution in [0.15, 0.2) is 12.4 Å². The summed E-state index contributed by atoms with van der Waals surface area (Å²) < 4.78 is 2.40. The second-order valence-electron chi connectivity index (χ2n) is 7.51. The number of piperidine rings is 1. The average Bonchev–Trinajstić information content (AvgIpc) is 3.09. The first kappa shape index (κ1) is 15.2. The molecule has 3 heterocycles. The largest absolute Gasteiger partial charge is 0.341 e. The molecule has 2 aliphatic heterocycles. The van der Waals surface area contributed by atoms with Gasteiger partial charge in [0.15, 0.2) is 0 Å². The Kier molecular flexibility index (Phi) is 4.38. The molecule has 0 bridgehead atoms. The number of amides is 1. The topological polar surface area (TPSA) is 41.4 Å². The molecule has 1 unspecified atom stereocenters. The highest BCUT2D eigenvalue weighted by Crippen LogP contribution is 2.33. The van der Waals surface area contributed by atoms with Gasteiger partial charge in [0.05, 0.1) is 0 Å². The van der Waals surface area contributed by atoms with Gasteiger partial charge in [0.1, 0.15) is 5.82 Å². The number of rotatable bonds is 6. The van der Waals surface area contributed by atoms with Crippen LogP contribution in [-0.4, -0.2) is 58.0 Å². The van der Waals surface area contributed by atoms with Gasteiger partial charge in [-0.1, -0.05) is 0 Å². The van der Waals surface area contributed by atoms with Crippen LogP contribution in [0.1, 0.15) is 50.3 Å². The number of hydrogen-bond acceptors (Lipinski definition) is 3. The van der Waals surface area contributed by atoms with Crippen LogP contribution in [0.4, 0.5) is 0 Å². The standard InChI is InChI=1S/C18H28N4O/c23-17-4-2-9-21(17)12-11-20-8-1-3-16(14-20)18-19-7-10-22(18)13-15-5-6-15/h7,10,15-16H,1-6,8-9,11-14H2. The monoisotopic (exact) mass is 316 g/mol. The van der Waals surface area contributed by atoms with Gasteiger partial charge >= 0.3 is 0 Å². The molecule has 0 N–H and O–H groups in total. The van der Waals surface area contributed by atoms with Crippen molar-refractivity contribution in [3.63, 3.8) is 0 Å². The number of imidazole rings is 1. The van der Waals surface area contributed by atoms with E-state index in [0.29, 0.717) is 11.8 Å². The predicted octanol–water partition coefficient (Wildman–Crippen LogP) is 2.09. The Balaban J connectivity index is 1.33. The van der Waals surface area contributed by atoms with Gasteiger partial charge in [-0.15, -0.1) is 0 Å². The summed E-state index contributed by atoms with van der Waals surface area (Å²) in [6.07, 6.45) is 11.2. The smallest absolute Gasteiger partial charge is 0.222 e. The maximum atomic E-state index is 11.7. The van der Waals surface area contributed by atoms with Crippen molar-refractivity contribution >= 4 is 5.91 Å². The first-order valence-electron chi connectivity index (χ1n) is 9.31. The summed E-state index contributed by atoms with van der Waals surface area (Å²) in [7, 11) is 0. The van der Waals surface area contributed by atoms with Gasteiger partial charge < -0.3 is 14.4 Å². The minimum Gasteiger partial charge on any atom is -0.341 e. The first-order valence-corrected chi connectivity index (χ1v) is 9.31. The molecule has 1 aromatic rings. The zero-order chi connectivity index (χ0) is 15.6. The van der Waals surface area contributed by atoms with Gasteiger partial charge in [0, 0.05) is 57.5 Å². The fraction of sp³-hybridized carbons (Fsp3) is 0.778. The molecular weight excluding hydrogens is 288 g/mol. The molecule has 4 rings (SSSR count). The molecule has 1 aliphatic carbocycles. The van der Waals surface area contributed by atoms with Gasteiger partial charge in [-0.2, -0.15) is 0 Å². The number of aromatic nitrogens is 2. The van der Waals surface area contributed by atoms with Gasteiger partial charge in [0.25, 0.3) is 0 Å². The number of likely N-dealkylation sites (tertiary alicyclic amines) is 2. The molecule has 1 amide bonds. The molecule has 3 fully saturated rings. The highest BCUT2D eigenvalue weighted by molar-refractivity contribution is 5.78. The third kappa shape index (κ3) is 3.60. The average molecular weight is 316 g/mol. The Morgan fingerprint density at radius 2 is 2.04 bits per heavy atom. The quantitative estimate of drug-likeness (QED) is 0.807. The summed E-state index contributed by atoms with van der Waals surface area (Å²) in [4.78, 5) is 21.0. The van der Waals surface area contributed by atoms with Crippen LogP contribution in [0.25, 0.3) is 0 Å². The van der Waals surface area contributed by atoms with Crippen molar-refractivity contribution in [3.05, 3.63) is 18.2 Å². The molecule has 0 aromatic carbocycles. The fourth-order valence-corrected chi connectivity index (χ4v) is 4.09. The van der Waals surface area contributed by atoms with Gasteiger partial charge in [0.2, 0.25) is 5.91 Å². The van der Waals surface area contributed by atoms with Crippen molar-refractivity contribution in [1.82, 2.24) is 19.4 Å². The van der Waals surface area contributed by atoms with E-state index >= 15 is 0 Å². The molecule has 23 heavy (non-hydrogen) atoms. The summed E-state index contributed by atoms with van der Waals surface area (Å²) >= 11 is 0. The van der Waals surface area contributed by atoms with Crippen molar-refractivity contribution < 1.29 is 4.79 Å². The number of nitrogens with zero attached hydrogens (tertiary/aromatic N) is 4. The van der Waals surface area contributed by atoms with Crippen molar-refractivity contribution in [1.29, 1.82) is 0 Å². The third-order valence-corrected chi connectivity index (χ3v) is 5.63. The normalized spacial score (nSPS) is 26.2. The van der Waals surface area contributed by atoms with Gasteiger partial charge in [-0.25, -0.2) is 4.98 Å². The lowest BCUT2D eigenvalue weighted by atomic mass is 9.97. The van der Waals surface area contributed by atoms with Crippen molar-refractivity contribution in [3.8, 4) is 0 Å². The number of carbonyl (C=O) groups is 1. The summed E-state index contributed by atoms with van der Waals surface area (Å²) in [6.45, 7) is 6.31. The zero-order valence-electron chi connectivity index (χ0n) is 14.0. The summed E-state index contributed by atoms with van der Waals surface area (Å²) in [6, 6.07) is 0. The van der Waals surface area contributed by atoms with Crippen LogP contribution in [0.3, 0.4) is 0 Å². The Morgan fingerprint density at radius 1 is 1.13 bits per heavy atom. The van der Waals surface area contributed by atoms with Gasteiger partial charge in [-0.05, 0) is 44.6 Å². The Labute approximate surface area is 138 Å². The molecule has 1 atom stereocenters. The maximum absolute atomic E-state index is 11.7. The molecule has 3 aliphatic rings. The van der Waals surface area contributed by atoms with E-state index in [-0.39, 0.29) is 0 Å². The minimum atomic E-state index is 0.346. The molecule has 126 valence electrons. The molecule has 2 saturated heterocycles. The lowest BCUT2D eigenvalue weighted by molar-refractivity contribution is -0.127. The highest BCUT2D eigenvalue weighted by Gasteiger charge is 2.28. The second-order valence-corrected chi connectivity index (χ2v) is 7.51. The van der Waals surface area contributed by atoms with Crippen molar-refractivity contribution in [2.75, 3.05) is 32.7 Å². The van der Waals surface area contributed by atoms with Crippen LogP contribution in [0.2, 0.25) is 0 Å². The van der Waals surface area contributed by atoms with E-state index in [4.69, 9.17) is 0 Å². The molecule has 5 nitrogen and oxygen atoms in total. The first-order chi connectivity index (χ1) is 11.3. The lowest BCUT2D eigenvalue weighted by Gasteiger charge is -2.33.